The fourth-order valence-corrected chi connectivity index (χ4v) is 9.84. The summed E-state index contributed by atoms with van der Waals surface area (Å²) in [4.78, 5) is 0. The molecule has 1 spiro atoms. The highest BCUT2D eigenvalue weighted by Gasteiger charge is 2.86. The second kappa shape index (κ2) is 1.86. The molecule has 0 aromatic rings. The molecule has 0 N–H and O–H groups in total. The van der Waals surface area contributed by atoms with E-state index >= 15 is 0 Å². The summed E-state index contributed by atoms with van der Waals surface area (Å²) >= 11 is 0. The maximum absolute atomic E-state index is 2.72. The smallest absolute Gasteiger partial charge is 0.0255 e. The van der Waals surface area contributed by atoms with Gasteiger partial charge in [0, 0.05) is 0 Å². The normalized spacial score (nSPS) is 87.0. The summed E-state index contributed by atoms with van der Waals surface area (Å²) < 4.78 is 0. The van der Waals surface area contributed by atoms with Gasteiger partial charge in [-0.05, 0) is 96.2 Å². The highest BCUT2D eigenvalue weighted by Crippen LogP contribution is 2.91. The average Bonchev–Trinajstić information content (AvgIpc) is 2.55. The molecule has 0 aliphatic heterocycles. The molecule has 17 heavy (non-hydrogen) atoms. The molecule has 7 saturated carbocycles. The maximum atomic E-state index is 2.72. The lowest BCUT2D eigenvalue weighted by atomic mass is 9.22. The molecule has 90 valence electrons. The molecule has 11 unspecified atom stereocenters. The maximum Gasteiger partial charge on any atom is -0.0255 e. The summed E-state index contributed by atoms with van der Waals surface area (Å²) in [6.07, 6.45) is 8.41. The molecule has 0 radical (unpaired) electrons. The molecule has 0 heteroatoms. The Hall–Kier alpha value is 0. The highest BCUT2D eigenvalue weighted by atomic mass is 14.9. The topological polar surface area (TPSA) is 0 Å². The number of rotatable bonds is 0. The number of fused-ring (bicyclic) bond motifs is 3. The van der Waals surface area contributed by atoms with Gasteiger partial charge in [-0.2, -0.15) is 0 Å². The van der Waals surface area contributed by atoms with Crippen molar-refractivity contribution >= 4 is 0 Å². The van der Waals surface area contributed by atoms with Crippen molar-refractivity contribution in [1.29, 1.82) is 0 Å². The molecular weight excluding hydrogens is 204 g/mol. The van der Waals surface area contributed by atoms with E-state index in [-0.39, 0.29) is 0 Å². The van der Waals surface area contributed by atoms with Gasteiger partial charge in [-0.15, -0.1) is 0 Å². The van der Waals surface area contributed by atoms with Crippen LogP contribution in [0.4, 0.5) is 0 Å². The van der Waals surface area contributed by atoms with E-state index in [2.05, 4.69) is 6.92 Å². The minimum Gasteiger partial charge on any atom is -0.0591 e. The van der Waals surface area contributed by atoms with E-state index in [4.69, 9.17) is 0 Å². The molecule has 0 heterocycles. The van der Waals surface area contributed by atoms with Crippen LogP contribution in [0.5, 0.6) is 0 Å². The summed E-state index contributed by atoms with van der Waals surface area (Å²) in [6.45, 7) is 2.72. The van der Waals surface area contributed by atoms with Crippen LogP contribution < -0.4 is 0 Å². The van der Waals surface area contributed by atoms with Gasteiger partial charge in [0.05, 0.1) is 0 Å². The van der Waals surface area contributed by atoms with Gasteiger partial charge in [-0.1, -0.05) is 6.92 Å². The van der Waals surface area contributed by atoms with Crippen molar-refractivity contribution in [2.24, 2.45) is 64.1 Å². The quantitative estimate of drug-likeness (QED) is 0.592. The second-order valence-corrected chi connectivity index (χ2v) is 9.48. The highest BCUT2D eigenvalue weighted by molar-refractivity contribution is 5.33. The summed E-state index contributed by atoms with van der Waals surface area (Å²) in [6, 6.07) is 0. The lowest BCUT2D eigenvalue weighted by Crippen LogP contribution is -2.78. The first-order chi connectivity index (χ1) is 8.23. The Morgan fingerprint density at radius 3 is 2.71 bits per heavy atom. The monoisotopic (exact) mass is 226 g/mol. The summed E-state index contributed by atoms with van der Waals surface area (Å²) in [5, 5.41) is 0. The van der Waals surface area contributed by atoms with Gasteiger partial charge in [0.2, 0.25) is 0 Å². The van der Waals surface area contributed by atoms with E-state index in [0.717, 1.165) is 10.8 Å². The van der Waals surface area contributed by atoms with Crippen molar-refractivity contribution in [2.45, 2.75) is 39.0 Å². The molecule has 0 aromatic carbocycles. The fraction of sp³-hybridized carbons (Fsp3) is 1.00. The minimum absolute atomic E-state index is 0.854. The number of hydrogen-bond acceptors (Lipinski definition) is 0. The van der Waals surface area contributed by atoms with Crippen molar-refractivity contribution in [3.05, 3.63) is 0 Å². The van der Waals surface area contributed by atoms with Gasteiger partial charge in [-0.25, -0.2) is 0 Å². The lowest BCUT2D eigenvalue weighted by Gasteiger charge is -2.83. The third-order valence-corrected chi connectivity index (χ3v) is 9.81. The zero-order chi connectivity index (χ0) is 10.7. The van der Waals surface area contributed by atoms with Crippen molar-refractivity contribution < 1.29 is 0 Å². The Morgan fingerprint density at radius 2 is 1.76 bits per heavy atom. The summed E-state index contributed by atoms with van der Waals surface area (Å²) in [5.41, 5.74) is 1.76. The molecule has 11 atom stereocenters. The first-order valence-corrected chi connectivity index (χ1v) is 8.23. The van der Waals surface area contributed by atoms with Crippen LogP contribution >= 0.6 is 0 Å². The van der Waals surface area contributed by atoms with Gasteiger partial charge in [0.25, 0.3) is 0 Å². The van der Waals surface area contributed by atoms with Crippen LogP contribution in [0, 0.1) is 64.1 Å². The van der Waals surface area contributed by atoms with Gasteiger partial charge in [0.15, 0.2) is 0 Å². The second-order valence-electron chi connectivity index (χ2n) is 9.48. The van der Waals surface area contributed by atoms with Crippen LogP contribution in [0.15, 0.2) is 0 Å². The van der Waals surface area contributed by atoms with E-state index in [9.17, 15) is 0 Å². The van der Waals surface area contributed by atoms with E-state index < -0.39 is 0 Å². The van der Waals surface area contributed by atoms with E-state index in [1.165, 1.54) is 53.3 Å². The van der Waals surface area contributed by atoms with E-state index in [1.54, 1.807) is 32.1 Å². The molecule has 0 amide bonds. The van der Waals surface area contributed by atoms with Gasteiger partial charge in [0.1, 0.15) is 0 Å². The molecule has 7 aliphatic carbocycles. The molecule has 4 bridgehead atoms. The third-order valence-electron chi connectivity index (χ3n) is 9.81. The Morgan fingerprint density at radius 1 is 0.882 bits per heavy atom. The van der Waals surface area contributed by atoms with Crippen LogP contribution in [-0.4, -0.2) is 0 Å². The molecule has 0 aromatic heterocycles. The fourth-order valence-electron chi connectivity index (χ4n) is 9.84. The molecule has 0 saturated heterocycles. The standard InChI is InChI=1S/C17H22/c1-16-6-17-4-7-2-8-9(3-10(7)17)12-13(8)15(16)14(12)11(16)5-17/h7-15H,2-6H2,1H3. The lowest BCUT2D eigenvalue weighted by molar-refractivity contribution is -0.354. The Labute approximate surface area is 104 Å². The molecule has 0 nitrogen and oxygen atoms in total. The zero-order valence-electron chi connectivity index (χ0n) is 10.7. The van der Waals surface area contributed by atoms with Crippen LogP contribution in [0.1, 0.15) is 39.0 Å². The Kier molecular flexibility index (Phi) is 0.900. The van der Waals surface area contributed by atoms with E-state index in [1.807, 2.05) is 0 Å². The van der Waals surface area contributed by atoms with Crippen molar-refractivity contribution in [3.63, 3.8) is 0 Å². The van der Waals surface area contributed by atoms with E-state index in [0.29, 0.717) is 0 Å². The summed E-state index contributed by atoms with van der Waals surface area (Å²) in [5.74, 6) is 11.1. The Bertz CT molecular complexity index is 474. The van der Waals surface area contributed by atoms with Gasteiger partial charge < -0.3 is 0 Å². The van der Waals surface area contributed by atoms with Crippen molar-refractivity contribution in [3.8, 4) is 0 Å². The summed E-state index contributed by atoms with van der Waals surface area (Å²) in [7, 11) is 0. The van der Waals surface area contributed by atoms with Crippen LogP contribution in [-0.2, 0) is 0 Å². The zero-order valence-corrected chi connectivity index (χ0v) is 10.7. The van der Waals surface area contributed by atoms with Gasteiger partial charge >= 0.3 is 0 Å². The number of hydrogen-bond donors (Lipinski definition) is 0. The molecule has 7 aliphatic rings. The first-order valence-electron chi connectivity index (χ1n) is 8.23. The predicted molar refractivity (Wildman–Crippen MR) is 65.0 cm³/mol. The van der Waals surface area contributed by atoms with Crippen LogP contribution in [0.25, 0.3) is 0 Å². The Balaban J connectivity index is 1.54. The van der Waals surface area contributed by atoms with Crippen LogP contribution in [0.3, 0.4) is 0 Å². The molecule has 7 rings (SSSR count). The average molecular weight is 226 g/mol. The van der Waals surface area contributed by atoms with Gasteiger partial charge in [-0.3, -0.25) is 0 Å². The minimum atomic E-state index is 0.854. The third kappa shape index (κ3) is 0.515. The SMILES string of the molecule is CC12CC34CC5CC6C(CC53)C3C6C1C3C2C4. The first kappa shape index (κ1) is 8.23. The largest absolute Gasteiger partial charge is 0.0591 e. The van der Waals surface area contributed by atoms with Crippen molar-refractivity contribution in [1.82, 2.24) is 0 Å². The van der Waals surface area contributed by atoms with Crippen LogP contribution in [0.2, 0.25) is 0 Å². The molecule has 7 fully saturated rings. The van der Waals surface area contributed by atoms with Crippen molar-refractivity contribution in [2.75, 3.05) is 0 Å². The predicted octanol–water partition coefficient (Wildman–Crippen LogP) is 3.57. The molecular formula is C17H22.